The zero-order valence-electron chi connectivity index (χ0n) is 16.2. The molecule has 0 bridgehead atoms. The first-order valence-electron chi connectivity index (χ1n) is 9.97. The van der Waals surface area contributed by atoms with E-state index >= 15 is 0 Å². The number of anilines is 1. The van der Waals surface area contributed by atoms with Gasteiger partial charge in [-0.1, -0.05) is 42.8 Å². The number of nitrogens with one attached hydrogen (secondary N) is 3. The van der Waals surface area contributed by atoms with Crippen LogP contribution in [0.2, 0.25) is 0 Å². The molecule has 0 amide bonds. The predicted octanol–water partition coefficient (Wildman–Crippen LogP) is 3.56. The Bertz CT molecular complexity index is 695. The van der Waals surface area contributed by atoms with Gasteiger partial charge in [0, 0.05) is 38.3 Å². The van der Waals surface area contributed by atoms with E-state index in [1.165, 1.54) is 24.8 Å². The van der Waals surface area contributed by atoms with Gasteiger partial charge in [-0.05, 0) is 43.4 Å². The molecule has 1 aromatic carbocycles. The van der Waals surface area contributed by atoms with E-state index in [2.05, 4.69) is 56.3 Å². The Kier molecular flexibility index (Phi) is 7.08. The van der Waals surface area contributed by atoms with E-state index in [4.69, 9.17) is 0 Å². The fraction of sp³-hybridized carbons (Fsp3) is 0.455. The Morgan fingerprint density at radius 2 is 1.78 bits per heavy atom. The van der Waals surface area contributed by atoms with Crippen LogP contribution in [0.3, 0.4) is 0 Å². The molecule has 0 unspecified atom stereocenters. The van der Waals surface area contributed by atoms with E-state index in [1.54, 1.807) is 0 Å². The van der Waals surface area contributed by atoms with Gasteiger partial charge in [-0.3, -0.25) is 4.99 Å². The third kappa shape index (κ3) is 5.46. The first-order chi connectivity index (χ1) is 13.3. The SMILES string of the molecule is CN=C(NCCCCNc1ccccn1)NCC1(c2ccccc2)CCC1. The Morgan fingerprint density at radius 3 is 2.44 bits per heavy atom. The maximum Gasteiger partial charge on any atom is 0.191 e. The lowest BCUT2D eigenvalue weighted by Crippen LogP contribution is -2.49. The second-order valence-corrected chi connectivity index (χ2v) is 7.20. The summed E-state index contributed by atoms with van der Waals surface area (Å²) >= 11 is 0. The van der Waals surface area contributed by atoms with Crippen LogP contribution in [0, 0.1) is 0 Å². The van der Waals surface area contributed by atoms with E-state index in [0.717, 1.165) is 44.3 Å². The predicted molar refractivity (Wildman–Crippen MR) is 113 cm³/mol. The van der Waals surface area contributed by atoms with Crippen LogP contribution < -0.4 is 16.0 Å². The molecule has 1 aliphatic rings. The van der Waals surface area contributed by atoms with Crippen LogP contribution in [0.15, 0.2) is 59.7 Å². The van der Waals surface area contributed by atoms with Crippen molar-refractivity contribution in [1.82, 2.24) is 15.6 Å². The van der Waals surface area contributed by atoms with Gasteiger partial charge in [0.15, 0.2) is 5.96 Å². The van der Waals surface area contributed by atoms with Gasteiger partial charge in [0.2, 0.25) is 0 Å². The molecule has 5 heteroatoms. The maximum atomic E-state index is 4.38. The minimum atomic E-state index is 0.269. The lowest BCUT2D eigenvalue weighted by atomic mass is 9.64. The molecule has 1 saturated carbocycles. The van der Waals surface area contributed by atoms with Crippen LogP contribution >= 0.6 is 0 Å². The van der Waals surface area contributed by atoms with Crippen molar-refractivity contribution in [3.05, 3.63) is 60.3 Å². The van der Waals surface area contributed by atoms with Gasteiger partial charge >= 0.3 is 0 Å². The molecule has 0 aliphatic heterocycles. The molecule has 1 heterocycles. The molecular formula is C22H31N5. The summed E-state index contributed by atoms with van der Waals surface area (Å²) in [5.41, 5.74) is 1.71. The summed E-state index contributed by atoms with van der Waals surface area (Å²) in [4.78, 5) is 8.65. The fourth-order valence-electron chi connectivity index (χ4n) is 3.58. The van der Waals surface area contributed by atoms with Crippen molar-refractivity contribution in [2.45, 2.75) is 37.5 Å². The summed E-state index contributed by atoms with van der Waals surface area (Å²) in [5.74, 6) is 1.84. The van der Waals surface area contributed by atoms with Crippen molar-refractivity contribution in [1.29, 1.82) is 0 Å². The molecule has 2 aromatic rings. The molecule has 3 N–H and O–H groups in total. The van der Waals surface area contributed by atoms with Crippen LogP contribution in [0.25, 0.3) is 0 Å². The zero-order valence-corrected chi connectivity index (χ0v) is 16.2. The normalized spacial score (nSPS) is 15.7. The number of rotatable bonds is 9. The lowest BCUT2D eigenvalue weighted by Gasteiger charge is -2.43. The molecule has 0 spiro atoms. The Labute approximate surface area is 162 Å². The first-order valence-corrected chi connectivity index (χ1v) is 9.97. The second kappa shape index (κ2) is 9.95. The van der Waals surface area contributed by atoms with Crippen molar-refractivity contribution in [2.24, 2.45) is 4.99 Å². The topological polar surface area (TPSA) is 61.3 Å². The van der Waals surface area contributed by atoms with Crippen molar-refractivity contribution < 1.29 is 0 Å². The minimum absolute atomic E-state index is 0.269. The number of aromatic nitrogens is 1. The van der Waals surface area contributed by atoms with Crippen LogP contribution in [-0.2, 0) is 5.41 Å². The number of benzene rings is 1. The number of hydrogen-bond acceptors (Lipinski definition) is 3. The molecule has 0 atom stereocenters. The first kappa shape index (κ1) is 19.2. The van der Waals surface area contributed by atoms with Gasteiger partial charge in [0.25, 0.3) is 0 Å². The molecule has 1 fully saturated rings. The van der Waals surface area contributed by atoms with E-state index in [0.29, 0.717) is 0 Å². The van der Waals surface area contributed by atoms with Gasteiger partial charge in [-0.2, -0.15) is 0 Å². The summed E-state index contributed by atoms with van der Waals surface area (Å²) in [6, 6.07) is 16.8. The molecular weight excluding hydrogens is 334 g/mol. The van der Waals surface area contributed by atoms with E-state index in [9.17, 15) is 0 Å². The van der Waals surface area contributed by atoms with Crippen LogP contribution in [0.4, 0.5) is 5.82 Å². The summed E-state index contributed by atoms with van der Waals surface area (Å²) < 4.78 is 0. The van der Waals surface area contributed by atoms with Gasteiger partial charge in [-0.25, -0.2) is 4.98 Å². The molecule has 0 saturated heterocycles. The highest BCUT2D eigenvalue weighted by atomic mass is 15.2. The summed E-state index contributed by atoms with van der Waals surface area (Å²) in [6.07, 6.45) is 7.80. The number of hydrogen-bond donors (Lipinski definition) is 3. The number of guanidine groups is 1. The summed E-state index contributed by atoms with van der Waals surface area (Å²) in [6.45, 7) is 2.79. The highest BCUT2D eigenvalue weighted by molar-refractivity contribution is 5.79. The van der Waals surface area contributed by atoms with Crippen LogP contribution in [-0.4, -0.2) is 37.6 Å². The average Bonchev–Trinajstić information content (AvgIpc) is 2.69. The minimum Gasteiger partial charge on any atom is -0.370 e. The van der Waals surface area contributed by atoms with Gasteiger partial charge in [-0.15, -0.1) is 0 Å². The molecule has 3 rings (SSSR count). The van der Waals surface area contributed by atoms with Crippen molar-refractivity contribution in [3.8, 4) is 0 Å². The van der Waals surface area contributed by atoms with Gasteiger partial charge in [0.1, 0.15) is 5.82 Å². The fourth-order valence-corrected chi connectivity index (χ4v) is 3.58. The Hall–Kier alpha value is -2.56. The molecule has 1 aliphatic carbocycles. The van der Waals surface area contributed by atoms with E-state index < -0.39 is 0 Å². The standard InChI is InChI=1S/C22H31N5/c1-23-21(26-17-8-7-16-25-20-12-5-6-15-24-20)27-18-22(13-9-14-22)19-10-3-2-4-11-19/h2-6,10-12,15H,7-9,13-14,16-18H2,1H3,(H,24,25)(H2,23,26,27). The van der Waals surface area contributed by atoms with Crippen molar-refractivity contribution in [2.75, 3.05) is 32.0 Å². The Balaban J connectivity index is 1.35. The molecule has 5 nitrogen and oxygen atoms in total. The summed E-state index contributed by atoms with van der Waals surface area (Å²) in [7, 11) is 1.84. The summed E-state index contributed by atoms with van der Waals surface area (Å²) in [5, 5.41) is 10.3. The van der Waals surface area contributed by atoms with Crippen LogP contribution in [0.5, 0.6) is 0 Å². The third-order valence-electron chi connectivity index (χ3n) is 5.38. The Morgan fingerprint density at radius 1 is 1.00 bits per heavy atom. The van der Waals surface area contributed by atoms with Gasteiger partial charge < -0.3 is 16.0 Å². The quantitative estimate of drug-likeness (QED) is 0.361. The lowest BCUT2D eigenvalue weighted by molar-refractivity contribution is 0.244. The average molecular weight is 366 g/mol. The highest BCUT2D eigenvalue weighted by Crippen LogP contribution is 2.43. The largest absolute Gasteiger partial charge is 0.370 e. The number of unbranched alkanes of at least 4 members (excludes halogenated alkanes) is 1. The smallest absolute Gasteiger partial charge is 0.191 e. The van der Waals surface area contributed by atoms with Gasteiger partial charge in [0.05, 0.1) is 0 Å². The van der Waals surface area contributed by atoms with Crippen LogP contribution in [0.1, 0.15) is 37.7 Å². The van der Waals surface area contributed by atoms with Crippen molar-refractivity contribution >= 4 is 11.8 Å². The molecule has 144 valence electrons. The molecule has 27 heavy (non-hydrogen) atoms. The second-order valence-electron chi connectivity index (χ2n) is 7.20. The van der Waals surface area contributed by atoms with Crippen molar-refractivity contribution in [3.63, 3.8) is 0 Å². The monoisotopic (exact) mass is 365 g/mol. The molecule has 0 radical (unpaired) electrons. The van der Waals surface area contributed by atoms with E-state index in [1.807, 2.05) is 31.4 Å². The van der Waals surface area contributed by atoms with E-state index in [-0.39, 0.29) is 5.41 Å². The third-order valence-corrected chi connectivity index (χ3v) is 5.38. The molecule has 1 aromatic heterocycles. The zero-order chi connectivity index (χ0) is 18.8. The maximum absolute atomic E-state index is 4.38. The highest BCUT2D eigenvalue weighted by Gasteiger charge is 2.38. The number of nitrogens with zero attached hydrogens (tertiary/aromatic N) is 2. The number of pyridine rings is 1. The number of aliphatic imine (C=N–C) groups is 1.